The third-order valence-corrected chi connectivity index (χ3v) is 4.19. The molecule has 0 amide bonds. The summed E-state index contributed by atoms with van der Waals surface area (Å²) in [6.07, 6.45) is 6.76. The van der Waals surface area contributed by atoms with E-state index < -0.39 is 0 Å². The van der Waals surface area contributed by atoms with Gasteiger partial charge in [0, 0.05) is 12.6 Å². The molecule has 1 rings (SSSR count). The van der Waals surface area contributed by atoms with Crippen LogP contribution in [0.3, 0.4) is 0 Å². The highest BCUT2D eigenvalue weighted by atomic mass is 15.1. The average Bonchev–Trinajstić information content (AvgIpc) is 2.30. The van der Waals surface area contributed by atoms with E-state index in [9.17, 15) is 0 Å². The molecule has 1 aliphatic rings. The summed E-state index contributed by atoms with van der Waals surface area (Å²) < 4.78 is 0. The number of nitrogens with zero attached hydrogens (tertiary/aromatic N) is 1. The smallest absolute Gasteiger partial charge is 0.0105 e. The lowest BCUT2D eigenvalue weighted by Gasteiger charge is -2.38. The van der Waals surface area contributed by atoms with Crippen LogP contribution in [0.25, 0.3) is 0 Å². The predicted octanol–water partition coefficient (Wildman–Crippen LogP) is 3.13. The molecule has 0 heterocycles. The molecule has 1 N–H and O–H groups in total. The van der Waals surface area contributed by atoms with E-state index in [-0.39, 0.29) is 0 Å². The molecule has 1 fully saturated rings. The lowest BCUT2D eigenvalue weighted by molar-refractivity contribution is 0.148. The van der Waals surface area contributed by atoms with Crippen LogP contribution in [0, 0.1) is 11.8 Å². The summed E-state index contributed by atoms with van der Waals surface area (Å²) in [4.78, 5) is 2.67. The molecule has 1 saturated carbocycles. The number of rotatable bonds is 7. The van der Waals surface area contributed by atoms with Gasteiger partial charge in [0.05, 0.1) is 0 Å². The number of nitrogens with one attached hydrogen (secondary N) is 1. The molecule has 0 aromatic carbocycles. The van der Waals surface area contributed by atoms with Gasteiger partial charge in [-0.25, -0.2) is 0 Å². The highest BCUT2D eigenvalue weighted by Crippen LogP contribution is 2.29. The molecular weight excluding hydrogens is 208 g/mol. The Morgan fingerprint density at radius 3 is 2.29 bits per heavy atom. The molecule has 0 aromatic heterocycles. The molecule has 0 saturated heterocycles. The fourth-order valence-electron chi connectivity index (χ4n) is 3.34. The first-order valence-electron chi connectivity index (χ1n) is 7.60. The molecule has 3 atom stereocenters. The minimum Gasteiger partial charge on any atom is -0.317 e. The van der Waals surface area contributed by atoms with Gasteiger partial charge in [0.2, 0.25) is 0 Å². The monoisotopic (exact) mass is 240 g/mol. The van der Waals surface area contributed by atoms with Gasteiger partial charge in [-0.3, -0.25) is 0 Å². The molecule has 0 aromatic rings. The van der Waals surface area contributed by atoms with E-state index in [1.54, 1.807) is 0 Å². The lowest BCUT2D eigenvalue weighted by Crippen LogP contribution is -2.44. The summed E-state index contributed by atoms with van der Waals surface area (Å²) in [5, 5.41) is 3.54. The first kappa shape index (κ1) is 15.0. The molecule has 1 aliphatic carbocycles. The van der Waals surface area contributed by atoms with Gasteiger partial charge < -0.3 is 10.2 Å². The Kier molecular flexibility index (Phi) is 7.14. The first-order valence-corrected chi connectivity index (χ1v) is 7.60. The lowest BCUT2D eigenvalue weighted by atomic mass is 9.78. The normalized spacial score (nSPS) is 29.8. The van der Waals surface area contributed by atoms with E-state index in [2.05, 4.69) is 38.0 Å². The van der Waals surface area contributed by atoms with Crippen LogP contribution in [0.1, 0.15) is 52.9 Å². The molecule has 0 bridgehead atoms. The van der Waals surface area contributed by atoms with Gasteiger partial charge in [-0.2, -0.15) is 0 Å². The van der Waals surface area contributed by atoms with E-state index >= 15 is 0 Å². The minimum atomic E-state index is 0.752. The minimum absolute atomic E-state index is 0.752. The Bertz CT molecular complexity index is 187. The Hall–Kier alpha value is -0.0800. The van der Waals surface area contributed by atoms with E-state index in [4.69, 9.17) is 0 Å². The fourth-order valence-corrected chi connectivity index (χ4v) is 3.34. The summed E-state index contributed by atoms with van der Waals surface area (Å²) in [5.41, 5.74) is 0. The maximum atomic E-state index is 3.54. The van der Waals surface area contributed by atoms with Crippen LogP contribution in [-0.2, 0) is 0 Å². The SMILES string of the molecule is CCCN(CCC)CC1CC(C)CCC1NC. The second-order valence-corrected chi connectivity index (χ2v) is 5.87. The molecule has 0 spiro atoms. The van der Waals surface area contributed by atoms with Gasteiger partial charge in [0.25, 0.3) is 0 Å². The third kappa shape index (κ3) is 4.97. The highest BCUT2D eigenvalue weighted by Gasteiger charge is 2.28. The van der Waals surface area contributed by atoms with Crippen LogP contribution in [0.2, 0.25) is 0 Å². The van der Waals surface area contributed by atoms with Crippen molar-refractivity contribution in [2.45, 2.75) is 58.9 Å². The molecule has 0 aliphatic heterocycles. The van der Waals surface area contributed by atoms with Gasteiger partial charge in [-0.15, -0.1) is 0 Å². The zero-order valence-corrected chi connectivity index (χ0v) is 12.3. The van der Waals surface area contributed by atoms with Gasteiger partial charge in [-0.05, 0) is 64.1 Å². The zero-order valence-electron chi connectivity index (χ0n) is 12.3. The van der Waals surface area contributed by atoms with Crippen molar-refractivity contribution in [3.05, 3.63) is 0 Å². The predicted molar refractivity (Wildman–Crippen MR) is 76.4 cm³/mol. The van der Waals surface area contributed by atoms with Crippen molar-refractivity contribution in [3.8, 4) is 0 Å². The average molecular weight is 240 g/mol. The van der Waals surface area contributed by atoms with Crippen LogP contribution >= 0.6 is 0 Å². The van der Waals surface area contributed by atoms with E-state index in [0.717, 1.165) is 17.9 Å². The van der Waals surface area contributed by atoms with Crippen LogP contribution in [0.15, 0.2) is 0 Å². The maximum Gasteiger partial charge on any atom is 0.0105 e. The molecule has 2 heteroatoms. The summed E-state index contributed by atoms with van der Waals surface area (Å²) in [6, 6.07) is 0.752. The topological polar surface area (TPSA) is 15.3 Å². The quantitative estimate of drug-likeness (QED) is 0.735. The van der Waals surface area contributed by atoms with Crippen LogP contribution in [0.5, 0.6) is 0 Å². The van der Waals surface area contributed by atoms with Gasteiger partial charge in [0.15, 0.2) is 0 Å². The van der Waals surface area contributed by atoms with Crippen molar-refractivity contribution in [1.82, 2.24) is 10.2 Å². The second-order valence-electron chi connectivity index (χ2n) is 5.87. The molecule has 102 valence electrons. The molecule has 17 heavy (non-hydrogen) atoms. The molecule has 0 radical (unpaired) electrons. The van der Waals surface area contributed by atoms with E-state index in [0.29, 0.717) is 0 Å². The molecule has 2 nitrogen and oxygen atoms in total. The molecular formula is C15H32N2. The Morgan fingerprint density at radius 2 is 1.76 bits per heavy atom. The van der Waals surface area contributed by atoms with Crippen molar-refractivity contribution in [1.29, 1.82) is 0 Å². The van der Waals surface area contributed by atoms with Crippen molar-refractivity contribution in [2.24, 2.45) is 11.8 Å². The summed E-state index contributed by atoms with van der Waals surface area (Å²) in [5.74, 6) is 1.79. The highest BCUT2D eigenvalue weighted by molar-refractivity contribution is 4.84. The number of hydrogen-bond acceptors (Lipinski definition) is 2. The zero-order chi connectivity index (χ0) is 12.7. The largest absolute Gasteiger partial charge is 0.317 e. The van der Waals surface area contributed by atoms with Crippen molar-refractivity contribution in [2.75, 3.05) is 26.7 Å². The van der Waals surface area contributed by atoms with Crippen LogP contribution < -0.4 is 5.32 Å². The second kappa shape index (κ2) is 8.10. The fraction of sp³-hybridized carbons (Fsp3) is 1.00. The van der Waals surface area contributed by atoms with Crippen molar-refractivity contribution < 1.29 is 0 Å². The van der Waals surface area contributed by atoms with Gasteiger partial charge in [0.1, 0.15) is 0 Å². The third-order valence-electron chi connectivity index (χ3n) is 4.19. The number of hydrogen-bond donors (Lipinski definition) is 1. The summed E-state index contributed by atoms with van der Waals surface area (Å²) in [6.45, 7) is 10.9. The first-order chi connectivity index (χ1) is 8.21. The Labute approximate surface area is 108 Å². The Morgan fingerprint density at radius 1 is 1.12 bits per heavy atom. The van der Waals surface area contributed by atoms with Gasteiger partial charge in [-0.1, -0.05) is 20.8 Å². The standard InChI is InChI=1S/C15H32N2/c1-5-9-17(10-6-2)12-14-11-13(3)7-8-15(14)16-4/h13-16H,5-12H2,1-4H3. The van der Waals surface area contributed by atoms with E-state index in [1.165, 1.54) is 51.7 Å². The maximum absolute atomic E-state index is 3.54. The van der Waals surface area contributed by atoms with Crippen molar-refractivity contribution >= 4 is 0 Å². The van der Waals surface area contributed by atoms with Crippen LogP contribution in [-0.4, -0.2) is 37.6 Å². The van der Waals surface area contributed by atoms with Gasteiger partial charge >= 0.3 is 0 Å². The summed E-state index contributed by atoms with van der Waals surface area (Å²) >= 11 is 0. The van der Waals surface area contributed by atoms with E-state index in [1.807, 2.05) is 0 Å². The Balaban J connectivity index is 2.48. The summed E-state index contributed by atoms with van der Waals surface area (Å²) in [7, 11) is 2.14. The molecule has 3 unspecified atom stereocenters. The van der Waals surface area contributed by atoms with Crippen molar-refractivity contribution in [3.63, 3.8) is 0 Å². The van der Waals surface area contributed by atoms with Crippen LogP contribution in [0.4, 0.5) is 0 Å².